The topological polar surface area (TPSA) is 105 Å². The molecule has 1 saturated heterocycles. The average molecular weight is 466 g/mol. The van der Waals surface area contributed by atoms with Crippen molar-refractivity contribution < 1.29 is 22.8 Å². The van der Waals surface area contributed by atoms with Gasteiger partial charge in [-0.2, -0.15) is 4.31 Å². The molecule has 0 aromatic heterocycles. The van der Waals surface area contributed by atoms with Gasteiger partial charge in [0.1, 0.15) is 0 Å². The van der Waals surface area contributed by atoms with Crippen LogP contribution in [0.15, 0.2) is 53.4 Å². The van der Waals surface area contributed by atoms with Crippen molar-refractivity contribution in [2.45, 2.75) is 31.1 Å². The number of halogens is 1. The first kappa shape index (κ1) is 23.2. The van der Waals surface area contributed by atoms with Gasteiger partial charge in [-0.1, -0.05) is 41.5 Å². The summed E-state index contributed by atoms with van der Waals surface area (Å²) in [6.07, 6.45) is 1.40. The molecule has 1 heterocycles. The number of hydrogen-bond acceptors (Lipinski definition) is 6. The highest BCUT2D eigenvalue weighted by Gasteiger charge is 2.31. The van der Waals surface area contributed by atoms with Crippen LogP contribution in [-0.2, 0) is 19.7 Å². The quantitative estimate of drug-likeness (QED) is 0.609. The molecule has 1 atom stereocenters. The third-order valence-corrected chi connectivity index (χ3v) is 7.37. The van der Waals surface area contributed by atoms with E-state index >= 15 is 0 Å². The molecule has 1 unspecified atom stereocenters. The molecule has 1 aliphatic rings. The van der Waals surface area contributed by atoms with Gasteiger partial charge in [0.05, 0.1) is 11.3 Å². The highest BCUT2D eigenvalue weighted by atomic mass is 35.5. The van der Waals surface area contributed by atoms with Crippen molar-refractivity contribution in [2.24, 2.45) is 5.92 Å². The molecule has 2 aromatic rings. The van der Waals surface area contributed by atoms with Crippen molar-refractivity contribution >= 4 is 33.5 Å². The molecule has 10 heteroatoms. The smallest absolute Gasteiger partial charge is 0.327 e. The number of hydrazine groups is 1. The number of rotatable bonds is 7. The summed E-state index contributed by atoms with van der Waals surface area (Å²) >= 11 is 6.00. The van der Waals surface area contributed by atoms with Crippen LogP contribution in [0.1, 0.15) is 35.2 Å². The Labute approximate surface area is 186 Å². The first-order valence-corrected chi connectivity index (χ1v) is 11.7. The van der Waals surface area contributed by atoms with E-state index in [9.17, 15) is 18.0 Å². The first-order chi connectivity index (χ1) is 14.8. The lowest BCUT2D eigenvalue weighted by molar-refractivity contribution is -0.154. The number of carbonyl (C=O) groups excluding carboxylic acids is 2. The zero-order valence-electron chi connectivity index (χ0n) is 17.0. The van der Waals surface area contributed by atoms with Gasteiger partial charge in [0, 0.05) is 23.7 Å². The first-order valence-electron chi connectivity index (χ1n) is 9.83. The summed E-state index contributed by atoms with van der Waals surface area (Å²) in [4.78, 5) is 29.3. The zero-order valence-corrected chi connectivity index (χ0v) is 18.6. The van der Waals surface area contributed by atoms with Gasteiger partial charge < -0.3 is 4.84 Å². The number of nitrogens with one attached hydrogen (secondary N) is 2. The third-order valence-electron chi connectivity index (χ3n) is 5.08. The van der Waals surface area contributed by atoms with Crippen LogP contribution in [0.25, 0.3) is 0 Å². The highest BCUT2D eigenvalue weighted by molar-refractivity contribution is 7.89. The van der Waals surface area contributed by atoms with Gasteiger partial charge in [0.25, 0.3) is 5.91 Å². The molecule has 8 nitrogen and oxygen atoms in total. The van der Waals surface area contributed by atoms with E-state index in [1.165, 1.54) is 10.4 Å². The maximum atomic E-state index is 12.8. The molecule has 0 spiro atoms. The second-order valence-electron chi connectivity index (χ2n) is 7.38. The van der Waals surface area contributed by atoms with Crippen molar-refractivity contribution in [3.8, 4) is 0 Å². The van der Waals surface area contributed by atoms with Crippen LogP contribution in [0.4, 0.5) is 0 Å². The minimum Gasteiger partial charge on any atom is -0.351 e. The largest absolute Gasteiger partial charge is 0.351 e. The number of carbonyl (C=O) groups is 2. The van der Waals surface area contributed by atoms with E-state index in [4.69, 9.17) is 16.4 Å². The number of nitrogens with zero attached hydrogens (tertiary/aromatic N) is 1. The van der Waals surface area contributed by atoms with Crippen LogP contribution in [-0.4, -0.2) is 37.7 Å². The second kappa shape index (κ2) is 10.2. The molecular formula is C21H24ClN3O5S. The van der Waals surface area contributed by atoms with Gasteiger partial charge in [-0.15, -0.1) is 0 Å². The van der Waals surface area contributed by atoms with Crippen molar-refractivity contribution in [2.75, 3.05) is 13.1 Å². The van der Waals surface area contributed by atoms with Crippen LogP contribution < -0.4 is 11.0 Å². The summed E-state index contributed by atoms with van der Waals surface area (Å²) < 4.78 is 27.0. The van der Waals surface area contributed by atoms with Crippen LogP contribution in [0.2, 0.25) is 5.02 Å². The van der Waals surface area contributed by atoms with Crippen LogP contribution in [0.3, 0.4) is 0 Å². The molecule has 0 aliphatic carbocycles. The summed E-state index contributed by atoms with van der Waals surface area (Å²) in [6, 6.07) is 13.0. The molecule has 3 rings (SSSR count). The predicted molar refractivity (Wildman–Crippen MR) is 115 cm³/mol. The van der Waals surface area contributed by atoms with E-state index in [0.717, 1.165) is 5.56 Å². The fourth-order valence-corrected chi connectivity index (χ4v) is 5.12. The van der Waals surface area contributed by atoms with Gasteiger partial charge >= 0.3 is 5.97 Å². The Morgan fingerprint density at radius 3 is 2.65 bits per heavy atom. The lowest BCUT2D eigenvalue weighted by Crippen LogP contribution is -2.42. The normalized spacial score (nSPS) is 17.2. The van der Waals surface area contributed by atoms with Crippen molar-refractivity contribution in [1.29, 1.82) is 0 Å². The summed E-state index contributed by atoms with van der Waals surface area (Å²) in [5.41, 5.74) is 5.58. The maximum absolute atomic E-state index is 12.8. The Kier molecular flexibility index (Phi) is 7.66. The zero-order chi connectivity index (χ0) is 22.4. The Balaban J connectivity index is 1.48. The summed E-state index contributed by atoms with van der Waals surface area (Å²) in [5.74, 6) is -1.27. The van der Waals surface area contributed by atoms with Gasteiger partial charge in [-0.3, -0.25) is 15.0 Å². The van der Waals surface area contributed by atoms with Gasteiger partial charge in [-0.05, 0) is 55.5 Å². The van der Waals surface area contributed by atoms with Crippen LogP contribution in [0, 0.1) is 12.8 Å². The van der Waals surface area contributed by atoms with Crippen molar-refractivity contribution in [3.05, 3.63) is 64.7 Å². The lowest BCUT2D eigenvalue weighted by Gasteiger charge is -2.31. The van der Waals surface area contributed by atoms with Crippen molar-refractivity contribution in [3.63, 3.8) is 0 Å². The molecule has 1 aliphatic heterocycles. The standard InChI is InChI=1S/C21H24ClN3O5S/c1-15-9-10-17(13-19(15)22)21(27)23-24-30-20(26)12-16-6-5-11-25(14-16)31(28,29)18-7-3-2-4-8-18/h2-4,7-10,13,16,24H,5-6,11-12,14H2,1H3,(H,23,27). The van der Waals surface area contributed by atoms with Gasteiger partial charge in [0.2, 0.25) is 10.0 Å². The summed E-state index contributed by atoms with van der Waals surface area (Å²) in [5, 5.41) is 0.456. The van der Waals surface area contributed by atoms with E-state index in [1.54, 1.807) is 42.5 Å². The SMILES string of the molecule is Cc1ccc(C(=O)NNOC(=O)CC2CCCN(S(=O)(=O)c3ccccc3)C2)cc1Cl. The van der Waals surface area contributed by atoms with Gasteiger partial charge in [0.15, 0.2) is 0 Å². The Bertz CT molecular complexity index is 1050. The Hall–Kier alpha value is -2.46. The summed E-state index contributed by atoms with van der Waals surface area (Å²) in [6.45, 7) is 2.47. The molecule has 1 fully saturated rings. The minimum atomic E-state index is -3.60. The van der Waals surface area contributed by atoms with E-state index in [2.05, 4.69) is 11.0 Å². The van der Waals surface area contributed by atoms with E-state index in [-0.39, 0.29) is 23.8 Å². The van der Waals surface area contributed by atoms with E-state index in [0.29, 0.717) is 30.0 Å². The molecule has 2 aromatic carbocycles. The lowest BCUT2D eigenvalue weighted by atomic mass is 9.96. The summed E-state index contributed by atoms with van der Waals surface area (Å²) in [7, 11) is -3.60. The molecular weight excluding hydrogens is 442 g/mol. The molecule has 0 saturated carbocycles. The van der Waals surface area contributed by atoms with E-state index in [1.807, 2.05) is 6.92 Å². The van der Waals surface area contributed by atoms with Gasteiger partial charge in [-0.25, -0.2) is 8.42 Å². The van der Waals surface area contributed by atoms with Crippen molar-refractivity contribution in [1.82, 2.24) is 15.3 Å². The number of hydrogen-bond donors (Lipinski definition) is 2. The molecule has 0 radical (unpaired) electrons. The fourth-order valence-electron chi connectivity index (χ4n) is 3.37. The predicted octanol–water partition coefficient (Wildman–Crippen LogP) is 2.83. The maximum Gasteiger partial charge on any atom is 0.327 e. The number of benzene rings is 2. The van der Waals surface area contributed by atoms with Crippen LogP contribution in [0.5, 0.6) is 0 Å². The number of amides is 1. The minimum absolute atomic E-state index is 0.0278. The molecule has 1 amide bonds. The van der Waals surface area contributed by atoms with E-state index < -0.39 is 21.9 Å². The Morgan fingerprint density at radius 1 is 1.19 bits per heavy atom. The fraction of sp³-hybridized carbons (Fsp3) is 0.333. The molecule has 0 bridgehead atoms. The Morgan fingerprint density at radius 2 is 1.94 bits per heavy atom. The number of sulfonamides is 1. The molecule has 2 N–H and O–H groups in total. The number of aryl methyl sites for hydroxylation is 1. The van der Waals surface area contributed by atoms with Crippen LogP contribution >= 0.6 is 11.6 Å². The monoisotopic (exact) mass is 465 g/mol. The third kappa shape index (κ3) is 6.04. The number of piperidine rings is 1. The molecule has 166 valence electrons. The highest BCUT2D eigenvalue weighted by Crippen LogP contribution is 2.25. The average Bonchev–Trinajstić information content (AvgIpc) is 2.76. The molecule has 31 heavy (non-hydrogen) atoms. The second-order valence-corrected chi connectivity index (χ2v) is 9.73.